The van der Waals surface area contributed by atoms with Crippen LogP contribution in [0, 0.1) is 10.1 Å². The number of hydrogen-bond donors (Lipinski definition) is 2. The summed E-state index contributed by atoms with van der Waals surface area (Å²) in [6, 6.07) is 6.89. The van der Waals surface area contributed by atoms with E-state index in [1.165, 1.54) is 12.1 Å². The van der Waals surface area contributed by atoms with Gasteiger partial charge < -0.3 is 5.32 Å². The molecule has 11 heteroatoms. The van der Waals surface area contributed by atoms with Gasteiger partial charge in [-0.1, -0.05) is 0 Å². The Kier molecular flexibility index (Phi) is 3.87. The van der Waals surface area contributed by atoms with Gasteiger partial charge in [0.05, 0.1) is 28.3 Å². The molecule has 1 aromatic carbocycles. The van der Waals surface area contributed by atoms with Crippen molar-refractivity contribution in [1.29, 1.82) is 0 Å². The summed E-state index contributed by atoms with van der Waals surface area (Å²) >= 11 is 0. The zero-order valence-corrected chi connectivity index (χ0v) is 13.0. The van der Waals surface area contributed by atoms with Crippen molar-refractivity contribution in [2.75, 3.05) is 5.32 Å². The second kappa shape index (κ2) is 5.86. The molecule has 3 N–H and O–H groups in total. The summed E-state index contributed by atoms with van der Waals surface area (Å²) < 4.78 is 24.3. The number of nitro benzene ring substituents is 1. The molecule has 0 amide bonds. The van der Waals surface area contributed by atoms with Gasteiger partial charge in [-0.2, -0.15) is 5.10 Å². The lowest BCUT2D eigenvalue weighted by Crippen LogP contribution is -2.13. The third kappa shape index (κ3) is 3.02. The van der Waals surface area contributed by atoms with Gasteiger partial charge in [0.15, 0.2) is 5.65 Å². The highest BCUT2D eigenvalue weighted by Gasteiger charge is 2.19. The van der Waals surface area contributed by atoms with Crippen molar-refractivity contribution in [2.45, 2.75) is 11.4 Å². The lowest BCUT2D eigenvalue weighted by Gasteiger charge is -2.09. The number of sulfonamides is 1. The number of fused-ring (bicyclic) bond motifs is 1. The van der Waals surface area contributed by atoms with E-state index in [9.17, 15) is 18.5 Å². The van der Waals surface area contributed by atoms with Crippen LogP contribution < -0.4 is 10.5 Å². The van der Waals surface area contributed by atoms with E-state index in [1.807, 2.05) is 0 Å². The first-order chi connectivity index (χ1) is 11.4. The maximum absolute atomic E-state index is 11.3. The standard InChI is InChI=1S/C13H12N6O4S/c14-24(22,23)10-1-2-11(12(7-10)19(20)21)16-8-9-3-5-15-13-4-6-17-18(9)13/h1-7,16H,8H2,(H2,14,22,23). The number of primary sulfonamides is 1. The van der Waals surface area contributed by atoms with Crippen LogP contribution >= 0.6 is 0 Å². The third-order valence-electron chi connectivity index (χ3n) is 3.32. The SMILES string of the molecule is NS(=O)(=O)c1ccc(NCc2ccnc3ccnn23)c([N+](=O)[O-])c1. The fraction of sp³-hybridized carbons (Fsp3) is 0.0769. The molecule has 24 heavy (non-hydrogen) atoms. The van der Waals surface area contributed by atoms with E-state index in [4.69, 9.17) is 5.14 Å². The highest BCUT2D eigenvalue weighted by atomic mass is 32.2. The van der Waals surface area contributed by atoms with Crippen LogP contribution in [0.3, 0.4) is 0 Å². The topological polar surface area (TPSA) is 146 Å². The van der Waals surface area contributed by atoms with Crippen LogP contribution in [-0.4, -0.2) is 27.9 Å². The number of aromatic nitrogens is 3. The van der Waals surface area contributed by atoms with Crippen LogP contribution in [0.4, 0.5) is 11.4 Å². The molecule has 0 unspecified atom stereocenters. The Balaban J connectivity index is 1.92. The molecule has 3 aromatic rings. The van der Waals surface area contributed by atoms with Gasteiger partial charge in [-0.3, -0.25) is 10.1 Å². The number of anilines is 1. The van der Waals surface area contributed by atoms with Gasteiger partial charge in [-0.05, 0) is 18.2 Å². The Morgan fingerprint density at radius 2 is 2.04 bits per heavy atom. The van der Waals surface area contributed by atoms with Gasteiger partial charge in [0, 0.05) is 18.3 Å². The van der Waals surface area contributed by atoms with Gasteiger partial charge in [-0.25, -0.2) is 23.1 Å². The minimum Gasteiger partial charge on any atom is -0.374 e. The Morgan fingerprint density at radius 3 is 2.75 bits per heavy atom. The van der Waals surface area contributed by atoms with Gasteiger partial charge >= 0.3 is 0 Å². The fourth-order valence-corrected chi connectivity index (χ4v) is 2.73. The Bertz CT molecular complexity index is 1030. The van der Waals surface area contributed by atoms with Crippen molar-refractivity contribution < 1.29 is 13.3 Å². The highest BCUT2D eigenvalue weighted by molar-refractivity contribution is 7.89. The average molecular weight is 348 g/mol. The number of benzene rings is 1. The summed E-state index contributed by atoms with van der Waals surface area (Å²) in [6.45, 7) is 0.232. The van der Waals surface area contributed by atoms with Crippen LogP contribution in [0.25, 0.3) is 5.65 Å². The van der Waals surface area contributed by atoms with Gasteiger partial charge in [0.25, 0.3) is 5.69 Å². The van der Waals surface area contributed by atoms with E-state index in [0.717, 1.165) is 11.8 Å². The van der Waals surface area contributed by atoms with E-state index in [-0.39, 0.29) is 22.8 Å². The van der Waals surface area contributed by atoms with Crippen LogP contribution in [0.2, 0.25) is 0 Å². The first kappa shape index (κ1) is 15.8. The Hall–Kier alpha value is -3.05. The molecule has 0 aliphatic rings. The van der Waals surface area contributed by atoms with Gasteiger partial charge in [0.1, 0.15) is 5.69 Å². The van der Waals surface area contributed by atoms with Crippen LogP contribution in [0.1, 0.15) is 5.69 Å². The maximum atomic E-state index is 11.3. The molecule has 0 saturated heterocycles. The quantitative estimate of drug-likeness (QED) is 0.514. The number of nitrogens with one attached hydrogen (secondary N) is 1. The fourth-order valence-electron chi connectivity index (χ4n) is 2.19. The van der Waals surface area contributed by atoms with Crippen molar-refractivity contribution in [2.24, 2.45) is 5.14 Å². The van der Waals surface area contributed by atoms with Crippen molar-refractivity contribution in [3.63, 3.8) is 0 Å². The summed E-state index contributed by atoms with van der Waals surface area (Å²) in [5, 5.41) is 23.2. The molecule has 0 atom stereocenters. The zero-order chi connectivity index (χ0) is 17.3. The van der Waals surface area contributed by atoms with E-state index in [1.54, 1.807) is 29.0 Å². The minimum absolute atomic E-state index is 0.171. The minimum atomic E-state index is -4.02. The molecular formula is C13H12N6O4S. The number of nitro groups is 1. The summed E-state index contributed by atoms with van der Waals surface area (Å²) in [7, 11) is -4.02. The lowest BCUT2D eigenvalue weighted by atomic mass is 10.2. The van der Waals surface area contributed by atoms with Gasteiger partial charge in [-0.15, -0.1) is 0 Å². The molecular weight excluding hydrogens is 336 g/mol. The third-order valence-corrected chi connectivity index (χ3v) is 4.23. The normalized spacial score (nSPS) is 11.5. The molecule has 0 aliphatic heterocycles. The zero-order valence-electron chi connectivity index (χ0n) is 12.2. The smallest absolute Gasteiger partial charge is 0.293 e. The summed E-state index contributed by atoms with van der Waals surface area (Å²) in [4.78, 5) is 14.3. The molecule has 0 bridgehead atoms. The van der Waals surface area contributed by atoms with E-state index >= 15 is 0 Å². The predicted octanol–water partition coefficient (Wildman–Crippen LogP) is 0.897. The Morgan fingerprint density at radius 1 is 1.25 bits per heavy atom. The van der Waals surface area contributed by atoms with Gasteiger partial charge in [0.2, 0.25) is 10.0 Å². The van der Waals surface area contributed by atoms with Crippen molar-refractivity contribution in [3.8, 4) is 0 Å². The maximum Gasteiger partial charge on any atom is 0.293 e. The summed E-state index contributed by atoms with van der Waals surface area (Å²) in [5.74, 6) is 0. The molecule has 3 rings (SSSR count). The van der Waals surface area contributed by atoms with Crippen molar-refractivity contribution in [1.82, 2.24) is 14.6 Å². The monoisotopic (exact) mass is 348 g/mol. The average Bonchev–Trinajstić information content (AvgIpc) is 3.00. The first-order valence-electron chi connectivity index (χ1n) is 6.69. The van der Waals surface area contributed by atoms with E-state index in [0.29, 0.717) is 5.65 Å². The first-order valence-corrected chi connectivity index (χ1v) is 8.23. The highest BCUT2D eigenvalue weighted by Crippen LogP contribution is 2.27. The molecule has 124 valence electrons. The number of hydrogen-bond acceptors (Lipinski definition) is 7. The molecule has 0 aliphatic carbocycles. The number of rotatable bonds is 5. The van der Waals surface area contributed by atoms with Crippen molar-refractivity contribution >= 4 is 27.0 Å². The second-order valence-corrected chi connectivity index (χ2v) is 6.43. The summed E-state index contributed by atoms with van der Waals surface area (Å²) in [5.41, 5.74) is 1.17. The predicted molar refractivity (Wildman–Crippen MR) is 84.8 cm³/mol. The molecule has 2 heterocycles. The molecule has 0 radical (unpaired) electrons. The Labute approximate surface area is 136 Å². The molecule has 0 spiro atoms. The number of nitrogens with zero attached hydrogens (tertiary/aromatic N) is 4. The van der Waals surface area contributed by atoms with Crippen LogP contribution in [0.5, 0.6) is 0 Å². The van der Waals surface area contributed by atoms with Crippen molar-refractivity contribution in [3.05, 3.63) is 58.5 Å². The van der Waals surface area contributed by atoms with E-state index < -0.39 is 14.9 Å². The molecule has 0 saturated carbocycles. The summed E-state index contributed by atoms with van der Waals surface area (Å²) in [6.07, 6.45) is 3.20. The second-order valence-electron chi connectivity index (χ2n) is 4.87. The number of nitrogens with two attached hydrogens (primary N) is 1. The molecule has 2 aromatic heterocycles. The molecule has 10 nitrogen and oxygen atoms in total. The van der Waals surface area contributed by atoms with E-state index in [2.05, 4.69) is 15.4 Å². The van der Waals surface area contributed by atoms with Crippen LogP contribution in [-0.2, 0) is 16.6 Å². The molecule has 0 fully saturated rings. The lowest BCUT2D eigenvalue weighted by molar-refractivity contribution is -0.384. The largest absolute Gasteiger partial charge is 0.374 e. The van der Waals surface area contributed by atoms with Crippen LogP contribution in [0.15, 0.2) is 47.6 Å².